The highest BCUT2D eigenvalue weighted by molar-refractivity contribution is 5.83. The summed E-state index contributed by atoms with van der Waals surface area (Å²) >= 11 is 0. The Labute approximate surface area is 118 Å². The van der Waals surface area contributed by atoms with Crippen molar-refractivity contribution in [1.29, 1.82) is 0 Å². The second kappa shape index (κ2) is 5.99. The molecule has 21 heavy (non-hydrogen) atoms. The fourth-order valence-corrected chi connectivity index (χ4v) is 1.69. The van der Waals surface area contributed by atoms with E-state index in [4.69, 9.17) is 5.11 Å². The molecule has 0 saturated carbocycles. The molecule has 0 aliphatic rings. The van der Waals surface area contributed by atoms with Gasteiger partial charge in [0.25, 0.3) is 0 Å². The van der Waals surface area contributed by atoms with E-state index in [1.54, 1.807) is 0 Å². The number of rotatable bonds is 5. The molecule has 1 rings (SSSR count). The van der Waals surface area contributed by atoms with Crippen LogP contribution < -0.4 is 0 Å². The van der Waals surface area contributed by atoms with Crippen LogP contribution in [0.1, 0.15) is 24.5 Å². The first-order valence-corrected chi connectivity index (χ1v) is 5.88. The standard InChI is InChI=1S/C14H13F3O4/c1-13(12(20)21,8-2-3-11(18)19)9-4-6-10(7-5-9)14(15,16)17/h2,4-8H,3H2,1H3,(H,18,19)(H,20,21)/b8-2+. The van der Waals surface area contributed by atoms with Crippen molar-refractivity contribution in [3.05, 3.63) is 47.5 Å². The van der Waals surface area contributed by atoms with E-state index in [2.05, 4.69) is 0 Å². The normalized spacial score (nSPS) is 14.9. The third-order valence-electron chi connectivity index (χ3n) is 3.00. The topological polar surface area (TPSA) is 74.6 Å². The maximum absolute atomic E-state index is 12.5. The molecular formula is C14H13F3O4. The minimum atomic E-state index is -4.50. The summed E-state index contributed by atoms with van der Waals surface area (Å²) in [7, 11) is 0. The van der Waals surface area contributed by atoms with Crippen molar-refractivity contribution in [2.24, 2.45) is 0 Å². The second-order valence-electron chi connectivity index (χ2n) is 4.58. The van der Waals surface area contributed by atoms with Crippen LogP contribution in [-0.2, 0) is 21.2 Å². The number of carbonyl (C=O) groups is 2. The third-order valence-corrected chi connectivity index (χ3v) is 3.00. The van der Waals surface area contributed by atoms with Gasteiger partial charge in [-0.1, -0.05) is 24.3 Å². The zero-order valence-corrected chi connectivity index (χ0v) is 11.0. The van der Waals surface area contributed by atoms with Crippen molar-refractivity contribution in [3.63, 3.8) is 0 Å². The Kier molecular flexibility index (Phi) is 4.77. The molecule has 7 heteroatoms. The highest BCUT2D eigenvalue weighted by atomic mass is 19.4. The smallest absolute Gasteiger partial charge is 0.416 e. The van der Waals surface area contributed by atoms with Crippen LogP contribution >= 0.6 is 0 Å². The quantitative estimate of drug-likeness (QED) is 0.820. The molecule has 4 nitrogen and oxygen atoms in total. The van der Waals surface area contributed by atoms with Crippen molar-refractivity contribution in [2.75, 3.05) is 0 Å². The van der Waals surface area contributed by atoms with Gasteiger partial charge in [-0.25, -0.2) is 0 Å². The zero-order chi connectivity index (χ0) is 16.3. The van der Waals surface area contributed by atoms with E-state index < -0.39 is 29.1 Å². The Bertz CT molecular complexity index is 561. The molecule has 0 spiro atoms. The summed E-state index contributed by atoms with van der Waals surface area (Å²) in [5.41, 5.74) is -2.35. The van der Waals surface area contributed by atoms with Crippen LogP contribution in [0.25, 0.3) is 0 Å². The van der Waals surface area contributed by atoms with Gasteiger partial charge in [-0.3, -0.25) is 9.59 Å². The summed E-state index contributed by atoms with van der Waals surface area (Å²) in [6.45, 7) is 1.29. The number of hydrogen-bond donors (Lipinski definition) is 2. The van der Waals surface area contributed by atoms with E-state index in [1.807, 2.05) is 0 Å². The van der Waals surface area contributed by atoms with Crippen LogP contribution in [0.15, 0.2) is 36.4 Å². The summed E-state index contributed by atoms with van der Waals surface area (Å²) < 4.78 is 37.4. The van der Waals surface area contributed by atoms with Crippen LogP contribution in [0.4, 0.5) is 13.2 Å². The van der Waals surface area contributed by atoms with Gasteiger partial charge < -0.3 is 10.2 Å². The summed E-state index contributed by atoms with van der Waals surface area (Å²) in [5.74, 6) is -2.42. The lowest BCUT2D eigenvalue weighted by molar-refractivity contribution is -0.141. The van der Waals surface area contributed by atoms with E-state index >= 15 is 0 Å². The van der Waals surface area contributed by atoms with Gasteiger partial charge in [-0.2, -0.15) is 13.2 Å². The van der Waals surface area contributed by atoms with Gasteiger partial charge >= 0.3 is 18.1 Å². The highest BCUT2D eigenvalue weighted by Crippen LogP contribution is 2.32. The number of carboxylic acids is 2. The second-order valence-corrected chi connectivity index (χ2v) is 4.58. The van der Waals surface area contributed by atoms with E-state index in [9.17, 15) is 27.9 Å². The van der Waals surface area contributed by atoms with Crippen LogP contribution in [0.3, 0.4) is 0 Å². The molecule has 0 bridgehead atoms. The molecule has 1 atom stereocenters. The largest absolute Gasteiger partial charge is 0.481 e. The van der Waals surface area contributed by atoms with Gasteiger partial charge in [0, 0.05) is 0 Å². The van der Waals surface area contributed by atoms with Gasteiger partial charge in [0.1, 0.15) is 5.41 Å². The molecule has 2 N–H and O–H groups in total. The molecule has 114 valence electrons. The first kappa shape index (κ1) is 16.7. The molecule has 1 aromatic carbocycles. The van der Waals surface area contributed by atoms with Crippen molar-refractivity contribution in [3.8, 4) is 0 Å². The minimum absolute atomic E-state index is 0.129. The van der Waals surface area contributed by atoms with Crippen LogP contribution in [-0.4, -0.2) is 22.2 Å². The number of halogens is 3. The number of benzene rings is 1. The van der Waals surface area contributed by atoms with Crippen molar-refractivity contribution in [1.82, 2.24) is 0 Å². The van der Waals surface area contributed by atoms with Gasteiger partial charge in [-0.15, -0.1) is 0 Å². The van der Waals surface area contributed by atoms with Gasteiger partial charge in [0.05, 0.1) is 12.0 Å². The first-order valence-electron chi connectivity index (χ1n) is 5.88. The van der Waals surface area contributed by atoms with E-state index in [0.29, 0.717) is 0 Å². The van der Waals surface area contributed by atoms with Gasteiger partial charge in [-0.05, 0) is 24.6 Å². The Morgan fingerprint density at radius 3 is 1.95 bits per heavy atom. The van der Waals surface area contributed by atoms with Gasteiger partial charge in [0.2, 0.25) is 0 Å². The lowest BCUT2D eigenvalue weighted by Crippen LogP contribution is -2.30. The molecule has 1 unspecified atom stereocenters. The van der Waals surface area contributed by atoms with E-state index in [1.165, 1.54) is 6.92 Å². The molecule has 0 aliphatic heterocycles. The molecule has 0 radical (unpaired) electrons. The van der Waals surface area contributed by atoms with Gasteiger partial charge in [0.15, 0.2) is 0 Å². The predicted molar refractivity (Wildman–Crippen MR) is 67.8 cm³/mol. The third kappa shape index (κ3) is 4.08. The van der Waals surface area contributed by atoms with Crippen molar-refractivity contribution in [2.45, 2.75) is 24.9 Å². The summed E-state index contributed by atoms with van der Waals surface area (Å²) in [4.78, 5) is 21.8. The lowest BCUT2D eigenvalue weighted by atomic mass is 9.81. The van der Waals surface area contributed by atoms with Crippen LogP contribution in [0.2, 0.25) is 0 Å². The molecule has 0 aliphatic carbocycles. The average molecular weight is 302 g/mol. The molecule has 0 fully saturated rings. The molecule has 1 aromatic rings. The number of alkyl halides is 3. The Morgan fingerprint density at radius 1 is 1.10 bits per heavy atom. The Balaban J connectivity index is 3.14. The molecule has 0 saturated heterocycles. The highest BCUT2D eigenvalue weighted by Gasteiger charge is 2.34. The molecule has 0 aromatic heterocycles. The Morgan fingerprint density at radius 2 is 1.57 bits per heavy atom. The number of carboxylic acid groups (broad SMARTS) is 2. The molecule has 0 amide bonds. The van der Waals surface area contributed by atoms with E-state index in [0.717, 1.165) is 36.4 Å². The van der Waals surface area contributed by atoms with Crippen molar-refractivity contribution < 1.29 is 33.0 Å². The summed E-state index contributed by atoms with van der Waals surface area (Å²) in [6, 6.07) is 3.73. The lowest BCUT2D eigenvalue weighted by Gasteiger charge is -2.22. The monoisotopic (exact) mass is 302 g/mol. The Hall–Kier alpha value is -2.31. The summed E-state index contributed by atoms with van der Waals surface area (Å²) in [6.07, 6.45) is -2.55. The van der Waals surface area contributed by atoms with Crippen molar-refractivity contribution >= 4 is 11.9 Å². The number of hydrogen-bond acceptors (Lipinski definition) is 2. The van der Waals surface area contributed by atoms with Crippen LogP contribution in [0.5, 0.6) is 0 Å². The van der Waals surface area contributed by atoms with Crippen LogP contribution in [0, 0.1) is 0 Å². The number of aliphatic carboxylic acids is 2. The predicted octanol–water partition coefficient (Wildman–Crippen LogP) is 3.08. The maximum Gasteiger partial charge on any atom is 0.416 e. The minimum Gasteiger partial charge on any atom is -0.481 e. The molecule has 0 heterocycles. The first-order chi connectivity index (χ1) is 9.57. The average Bonchev–Trinajstić information content (AvgIpc) is 2.37. The zero-order valence-electron chi connectivity index (χ0n) is 11.0. The SMILES string of the molecule is CC(/C=C/CC(=O)O)(C(=O)O)c1ccc(C(F)(F)F)cc1. The maximum atomic E-state index is 12.5. The molecular weight excluding hydrogens is 289 g/mol. The fourth-order valence-electron chi connectivity index (χ4n) is 1.69. The fraction of sp³-hybridized carbons (Fsp3) is 0.286. The van der Waals surface area contributed by atoms with E-state index in [-0.39, 0.29) is 12.0 Å². The summed E-state index contributed by atoms with van der Waals surface area (Å²) in [5, 5.41) is 17.8.